The highest BCUT2D eigenvalue weighted by molar-refractivity contribution is 5.63. The Kier molecular flexibility index (Phi) is 3.32. The fraction of sp³-hybridized carbons (Fsp3) is 0.600. The molecule has 94 valence electrons. The van der Waals surface area contributed by atoms with Gasteiger partial charge in [0, 0.05) is 17.4 Å². The van der Waals surface area contributed by atoms with E-state index in [1.807, 2.05) is 12.1 Å². The van der Waals surface area contributed by atoms with Crippen LogP contribution in [0.5, 0.6) is 0 Å². The van der Waals surface area contributed by atoms with E-state index in [4.69, 9.17) is 5.73 Å². The van der Waals surface area contributed by atoms with E-state index in [1.165, 1.54) is 36.9 Å². The molecule has 0 radical (unpaired) electrons. The largest absolute Gasteiger partial charge is 0.398 e. The van der Waals surface area contributed by atoms with Crippen LogP contribution in [-0.2, 0) is 0 Å². The minimum Gasteiger partial charge on any atom is -0.398 e. The number of anilines is 2. The summed E-state index contributed by atoms with van der Waals surface area (Å²) in [6, 6.07) is 6.73. The number of nitrogen functional groups attached to an aromatic ring is 1. The molecule has 3 N–H and O–H groups in total. The maximum Gasteiger partial charge on any atom is 0.0392 e. The molecule has 1 aliphatic carbocycles. The highest BCUT2D eigenvalue weighted by atomic mass is 14.9. The van der Waals surface area contributed by atoms with Crippen molar-refractivity contribution in [2.75, 3.05) is 11.1 Å². The molecule has 0 aromatic heterocycles. The van der Waals surface area contributed by atoms with Gasteiger partial charge in [-0.05, 0) is 55.7 Å². The number of hydrogen-bond acceptors (Lipinski definition) is 2. The van der Waals surface area contributed by atoms with Crippen LogP contribution in [0.1, 0.15) is 45.1 Å². The minimum atomic E-state index is 0.531. The van der Waals surface area contributed by atoms with Gasteiger partial charge in [0.2, 0.25) is 0 Å². The number of nitrogens with one attached hydrogen (secondary N) is 1. The van der Waals surface area contributed by atoms with Gasteiger partial charge in [-0.3, -0.25) is 0 Å². The minimum absolute atomic E-state index is 0.531. The van der Waals surface area contributed by atoms with Gasteiger partial charge in [-0.25, -0.2) is 0 Å². The molecule has 0 spiro atoms. The SMILES string of the molecule is Cc1c(N)cccc1NC1CCC(C)(C)CC1. The molecule has 0 aliphatic heterocycles. The number of hydrogen-bond donors (Lipinski definition) is 2. The Morgan fingerprint density at radius 1 is 1.24 bits per heavy atom. The number of rotatable bonds is 2. The van der Waals surface area contributed by atoms with E-state index in [9.17, 15) is 0 Å². The summed E-state index contributed by atoms with van der Waals surface area (Å²) in [5.74, 6) is 0. The van der Waals surface area contributed by atoms with Crippen molar-refractivity contribution in [3.8, 4) is 0 Å². The summed E-state index contributed by atoms with van der Waals surface area (Å²) < 4.78 is 0. The Balaban J connectivity index is 2.00. The Bertz CT molecular complexity index is 386. The molecule has 17 heavy (non-hydrogen) atoms. The summed E-state index contributed by atoms with van der Waals surface area (Å²) in [6.45, 7) is 6.83. The lowest BCUT2D eigenvalue weighted by Gasteiger charge is -2.35. The van der Waals surface area contributed by atoms with Crippen LogP contribution >= 0.6 is 0 Å². The lowest BCUT2D eigenvalue weighted by atomic mass is 9.75. The highest BCUT2D eigenvalue weighted by Gasteiger charge is 2.26. The van der Waals surface area contributed by atoms with Gasteiger partial charge in [0.25, 0.3) is 0 Å². The van der Waals surface area contributed by atoms with Crippen molar-refractivity contribution >= 4 is 11.4 Å². The molecule has 0 saturated heterocycles. The van der Waals surface area contributed by atoms with E-state index in [-0.39, 0.29) is 0 Å². The third-order valence-corrected chi connectivity index (χ3v) is 4.07. The zero-order valence-electron chi connectivity index (χ0n) is 11.2. The fourth-order valence-electron chi connectivity index (χ4n) is 2.57. The summed E-state index contributed by atoms with van der Waals surface area (Å²) >= 11 is 0. The van der Waals surface area contributed by atoms with E-state index >= 15 is 0 Å². The summed E-state index contributed by atoms with van der Waals surface area (Å²) in [4.78, 5) is 0. The molecule has 0 atom stereocenters. The quantitative estimate of drug-likeness (QED) is 0.757. The predicted molar refractivity (Wildman–Crippen MR) is 75.3 cm³/mol. The monoisotopic (exact) mass is 232 g/mol. The second kappa shape index (κ2) is 4.59. The van der Waals surface area contributed by atoms with Crippen LogP contribution in [0, 0.1) is 12.3 Å². The molecule has 2 heteroatoms. The third kappa shape index (κ3) is 2.93. The highest BCUT2D eigenvalue weighted by Crippen LogP contribution is 2.36. The molecule has 1 aliphatic rings. The summed E-state index contributed by atoms with van der Waals surface area (Å²) in [6.07, 6.45) is 5.15. The van der Waals surface area contributed by atoms with Gasteiger partial charge in [-0.2, -0.15) is 0 Å². The Labute approximate surface area is 105 Å². The first kappa shape index (κ1) is 12.3. The van der Waals surface area contributed by atoms with Crippen LogP contribution in [0.4, 0.5) is 11.4 Å². The molecular formula is C15H24N2. The summed E-state index contributed by atoms with van der Waals surface area (Å²) in [7, 11) is 0. The fourth-order valence-corrected chi connectivity index (χ4v) is 2.57. The molecule has 0 amide bonds. The van der Waals surface area contributed by atoms with Crippen LogP contribution in [0.2, 0.25) is 0 Å². The normalized spacial score (nSPS) is 20.2. The molecule has 1 saturated carbocycles. The second-order valence-electron chi connectivity index (χ2n) is 6.10. The molecule has 2 nitrogen and oxygen atoms in total. The molecule has 0 unspecified atom stereocenters. The van der Waals surface area contributed by atoms with E-state index in [1.54, 1.807) is 0 Å². The van der Waals surface area contributed by atoms with Gasteiger partial charge < -0.3 is 11.1 Å². The van der Waals surface area contributed by atoms with E-state index in [0.29, 0.717) is 11.5 Å². The van der Waals surface area contributed by atoms with E-state index in [2.05, 4.69) is 32.2 Å². The van der Waals surface area contributed by atoms with Crippen LogP contribution in [-0.4, -0.2) is 6.04 Å². The summed E-state index contributed by atoms with van der Waals surface area (Å²) in [5.41, 5.74) is 9.72. The second-order valence-corrected chi connectivity index (χ2v) is 6.10. The van der Waals surface area contributed by atoms with Gasteiger partial charge in [0.15, 0.2) is 0 Å². The van der Waals surface area contributed by atoms with Crippen LogP contribution < -0.4 is 11.1 Å². The zero-order chi connectivity index (χ0) is 12.5. The zero-order valence-corrected chi connectivity index (χ0v) is 11.2. The lowest BCUT2D eigenvalue weighted by molar-refractivity contribution is 0.232. The van der Waals surface area contributed by atoms with Crippen molar-refractivity contribution < 1.29 is 0 Å². The molecular weight excluding hydrogens is 208 g/mol. The first-order valence-corrected chi connectivity index (χ1v) is 6.59. The van der Waals surface area contributed by atoms with Crippen molar-refractivity contribution in [3.05, 3.63) is 23.8 Å². The molecule has 0 heterocycles. The Morgan fingerprint density at radius 3 is 2.53 bits per heavy atom. The number of benzene rings is 1. The van der Waals surface area contributed by atoms with Gasteiger partial charge >= 0.3 is 0 Å². The molecule has 1 fully saturated rings. The molecule has 2 rings (SSSR count). The van der Waals surface area contributed by atoms with E-state index < -0.39 is 0 Å². The first-order chi connectivity index (χ1) is 7.98. The predicted octanol–water partition coefficient (Wildman–Crippen LogP) is 3.96. The Hall–Kier alpha value is -1.18. The smallest absolute Gasteiger partial charge is 0.0392 e. The van der Waals surface area contributed by atoms with Gasteiger partial charge in [-0.15, -0.1) is 0 Å². The standard InChI is InChI=1S/C15H24N2/c1-11-13(16)5-4-6-14(11)17-12-7-9-15(2,3)10-8-12/h4-6,12,17H,7-10,16H2,1-3H3. The average molecular weight is 232 g/mol. The van der Waals surface area contributed by atoms with Crippen LogP contribution in [0.25, 0.3) is 0 Å². The first-order valence-electron chi connectivity index (χ1n) is 6.59. The molecule has 1 aromatic carbocycles. The number of nitrogens with two attached hydrogens (primary N) is 1. The molecule has 0 bridgehead atoms. The summed E-state index contributed by atoms with van der Waals surface area (Å²) in [5, 5.41) is 3.65. The van der Waals surface area contributed by atoms with Crippen molar-refractivity contribution in [3.63, 3.8) is 0 Å². The average Bonchev–Trinajstić information content (AvgIpc) is 2.27. The lowest BCUT2D eigenvalue weighted by Crippen LogP contribution is -2.30. The van der Waals surface area contributed by atoms with E-state index in [0.717, 1.165) is 5.69 Å². The maximum absolute atomic E-state index is 5.93. The van der Waals surface area contributed by atoms with Crippen LogP contribution in [0.3, 0.4) is 0 Å². The molecule has 1 aromatic rings. The Morgan fingerprint density at radius 2 is 1.88 bits per heavy atom. The van der Waals surface area contributed by atoms with Gasteiger partial charge in [-0.1, -0.05) is 19.9 Å². The van der Waals surface area contributed by atoms with Gasteiger partial charge in [0.1, 0.15) is 0 Å². The van der Waals surface area contributed by atoms with Crippen LogP contribution in [0.15, 0.2) is 18.2 Å². The van der Waals surface area contributed by atoms with Crippen molar-refractivity contribution in [1.29, 1.82) is 0 Å². The third-order valence-electron chi connectivity index (χ3n) is 4.07. The van der Waals surface area contributed by atoms with Crippen molar-refractivity contribution in [1.82, 2.24) is 0 Å². The van der Waals surface area contributed by atoms with Crippen molar-refractivity contribution in [2.45, 2.75) is 52.5 Å². The topological polar surface area (TPSA) is 38.0 Å². The van der Waals surface area contributed by atoms with Gasteiger partial charge in [0.05, 0.1) is 0 Å². The van der Waals surface area contributed by atoms with Crippen molar-refractivity contribution in [2.24, 2.45) is 5.41 Å². The maximum atomic E-state index is 5.93.